The van der Waals surface area contributed by atoms with Gasteiger partial charge in [0.1, 0.15) is 28.8 Å². The van der Waals surface area contributed by atoms with E-state index < -0.39 is 40.2 Å². The van der Waals surface area contributed by atoms with Gasteiger partial charge >= 0.3 is 0 Å². The highest BCUT2D eigenvalue weighted by Crippen LogP contribution is 2.35. The molecular formula is C21H21F3N2O3. The minimum absolute atomic E-state index is 0.0467. The van der Waals surface area contributed by atoms with E-state index in [-0.39, 0.29) is 19.6 Å². The van der Waals surface area contributed by atoms with Crippen LogP contribution in [0.2, 0.25) is 0 Å². The molecule has 2 aromatic carbocycles. The van der Waals surface area contributed by atoms with Crippen LogP contribution in [0.4, 0.5) is 13.2 Å². The first-order valence-corrected chi connectivity index (χ1v) is 9.20. The number of piperidine rings is 1. The minimum atomic E-state index is -0.941. The Morgan fingerprint density at radius 2 is 1.72 bits per heavy atom. The van der Waals surface area contributed by atoms with Crippen LogP contribution in [0.5, 0.6) is 5.75 Å². The van der Waals surface area contributed by atoms with Gasteiger partial charge in [0.25, 0.3) is 5.91 Å². The molecule has 1 aliphatic rings. The number of amides is 2. The number of likely N-dealkylation sites (tertiary alicyclic amines) is 1. The first-order valence-electron chi connectivity index (χ1n) is 9.20. The Hall–Kier alpha value is -3.03. The second kappa shape index (κ2) is 8.55. The molecule has 2 amide bonds. The first kappa shape index (κ1) is 20.7. The van der Waals surface area contributed by atoms with Gasteiger partial charge in [0.05, 0.1) is 6.61 Å². The average Bonchev–Trinajstić information content (AvgIpc) is 2.67. The Morgan fingerprint density at radius 3 is 2.34 bits per heavy atom. The van der Waals surface area contributed by atoms with Crippen molar-refractivity contribution in [2.45, 2.75) is 19.3 Å². The summed E-state index contributed by atoms with van der Waals surface area (Å²) in [6, 6.07) is 8.62. The molecule has 1 saturated heterocycles. The summed E-state index contributed by atoms with van der Waals surface area (Å²) in [7, 11) is 0. The topological polar surface area (TPSA) is 72.6 Å². The van der Waals surface area contributed by atoms with Crippen molar-refractivity contribution in [3.05, 3.63) is 65.5 Å². The van der Waals surface area contributed by atoms with Gasteiger partial charge in [0.2, 0.25) is 5.91 Å². The van der Waals surface area contributed by atoms with Crippen LogP contribution in [-0.2, 0) is 4.79 Å². The third-order valence-corrected chi connectivity index (χ3v) is 5.03. The molecule has 0 aliphatic carbocycles. The van der Waals surface area contributed by atoms with Crippen molar-refractivity contribution in [1.82, 2.24) is 4.90 Å². The summed E-state index contributed by atoms with van der Waals surface area (Å²) in [4.78, 5) is 25.8. The van der Waals surface area contributed by atoms with Crippen LogP contribution >= 0.6 is 0 Å². The Bertz CT molecular complexity index is 884. The average molecular weight is 406 g/mol. The maximum atomic E-state index is 14.0. The molecule has 2 aromatic rings. The van der Waals surface area contributed by atoms with E-state index in [1.165, 1.54) is 35.2 Å². The summed E-state index contributed by atoms with van der Waals surface area (Å²) in [6.45, 7) is 0.401. The van der Waals surface area contributed by atoms with Crippen molar-refractivity contribution < 1.29 is 27.5 Å². The lowest BCUT2D eigenvalue weighted by atomic mass is 9.77. The van der Waals surface area contributed by atoms with Gasteiger partial charge in [-0.2, -0.15) is 0 Å². The summed E-state index contributed by atoms with van der Waals surface area (Å²) in [6.07, 6.45) is 1.00. The molecule has 1 aliphatic heterocycles. The smallest absolute Gasteiger partial charge is 0.259 e. The van der Waals surface area contributed by atoms with Gasteiger partial charge in [-0.25, -0.2) is 13.2 Å². The highest BCUT2D eigenvalue weighted by Gasteiger charge is 2.40. The maximum Gasteiger partial charge on any atom is 0.259 e. The standard InChI is InChI=1S/C21H21F3N2O3/c22-14-5-7-15(8-6-14)29-13-21(11-18(25)27)9-2-10-26(12-21)20(28)19-16(23)3-1-4-17(19)24/h1,3-8H,2,9-13H2,(H2,25,27)/t21-/m1/s1. The molecule has 8 heteroatoms. The Balaban J connectivity index is 1.80. The number of hydrogen-bond acceptors (Lipinski definition) is 3. The number of hydrogen-bond donors (Lipinski definition) is 1. The second-order valence-electron chi connectivity index (χ2n) is 7.31. The zero-order valence-corrected chi connectivity index (χ0v) is 15.7. The Morgan fingerprint density at radius 1 is 1.07 bits per heavy atom. The Kier molecular flexibility index (Phi) is 6.10. The van der Waals surface area contributed by atoms with E-state index in [0.717, 1.165) is 12.1 Å². The second-order valence-corrected chi connectivity index (χ2v) is 7.31. The van der Waals surface area contributed by atoms with Gasteiger partial charge in [-0.1, -0.05) is 6.07 Å². The number of benzene rings is 2. The summed E-state index contributed by atoms with van der Waals surface area (Å²) in [5, 5.41) is 0. The van der Waals surface area contributed by atoms with E-state index in [0.29, 0.717) is 25.1 Å². The van der Waals surface area contributed by atoms with Crippen molar-refractivity contribution in [2.75, 3.05) is 19.7 Å². The predicted octanol–water partition coefficient (Wildman–Crippen LogP) is 3.28. The number of ether oxygens (including phenoxy) is 1. The number of primary amides is 1. The maximum absolute atomic E-state index is 14.0. The monoisotopic (exact) mass is 406 g/mol. The molecular weight excluding hydrogens is 385 g/mol. The molecule has 1 fully saturated rings. The number of nitrogens with zero attached hydrogens (tertiary/aromatic N) is 1. The van der Waals surface area contributed by atoms with Gasteiger partial charge in [-0.3, -0.25) is 9.59 Å². The lowest BCUT2D eigenvalue weighted by Crippen LogP contribution is -2.50. The molecule has 29 heavy (non-hydrogen) atoms. The number of carbonyl (C=O) groups is 2. The molecule has 0 spiro atoms. The zero-order valence-electron chi connectivity index (χ0n) is 15.7. The molecule has 154 valence electrons. The van der Waals surface area contributed by atoms with E-state index in [1.807, 2.05) is 0 Å². The SMILES string of the molecule is NC(=O)C[C@]1(COc2ccc(F)cc2)CCCN(C(=O)c2c(F)cccc2F)C1. The van der Waals surface area contributed by atoms with Gasteiger partial charge in [0.15, 0.2) is 0 Å². The lowest BCUT2D eigenvalue weighted by molar-refractivity contribution is -0.122. The van der Waals surface area contributed by atoms with E-state index in [1.54, 1.807) is 0 Å². The van der Waals surface area contributed by atoms with Gasteiger partial charge in [0, 0.05) is 24.9 Å². The van der Waals surface area contributed by atoms with Crippen LogP contribution in [0.3, 0.4) is 0 Å². The van der Waals surface area contributed by atoms with Crippen LogP contribution < -0.4 is 10.5 Å². The third kappa shape index (κ3) is 4.88. The largest absolute Gasteiger partial charge is 0.493 e. The summed E-state index contributed by atoms with van der Waals surface area (Å²) < 4.78 is 46.9. The highest BCUT2D eigenvalue weighted by atomic mass is 19.1. The van der Waals surface area contributed by atoms with Crippen molar-refractivity contribution >= 4 is 11.8 Å². The molecule has 2 N–H and O–H groups in total. The molecule has 0 bridgehead atoms. The summed E-state index contributed by atoms with van der Waals surface area (Å²) >= 11 is 0. The lowest BCUT2D eigenvalue weighted by Gasteiger charge is -2.42. The quantitative estimate of drug-likeness (QED) is 0.800. The Labute approximate surface area is 166 Å². The molecule has 0 radical (unpaired) electrons. The van der Waals surface area contributed by atoms with Crippen molar-refractivity contribution in [2.24, 2.45) is 11.1 Å². The molecule has 1 heterocycles. The van der Waals surface area contributed by atoms with Gasteiger partial charge < -0.3 is 15.4 Å². The van der Waals surface area contributed by atoms with E-state index >= 15 is 0 Å². The van der Waals surface area contributed by atoms with Crippen LogP contribution in [-0.4, -0.2) is 36.4 Å². The molecule has 3 rings (SSSR count). The van der Waals surface area contributed by atoms with Crippen molar-refractivity contribution in [1.29, 1.82) is 0 Å². The van der Waals surface area contributed by atoms with E-state index in [4.69, 9.17) is 10.5 Å². The number of nitrogens with two attached hydrogens (primary N) is 1. The molecule has 0 unspecified atom stereocenters. The fraction of sp³-hybridized carbons (Fsp3) is 0.333. The van der Waals surface area contributed by atoms with E-state index in [9.17, 15) is 22.8 Å². The number of halogens is 3. The fourth-order valence-corrected chi connectivity index (χ4v) is 3.69. The van der Waals surface area contributed by atoms with Crippen LogP contribution in [0.1, 0.15) is 29.6 Å². The van der Waals surface area contributed by atoms with Gasteiger partial charge in [-0.15, -0.1) is 0 Å². The first-order chi connectivity index (χ1) is 13.8. The van der Waals surface area contributed by atoms with Crippen molar-refractivity contribution in [3.63, 3.8) is 0 Å². The highest BCUT2D eigenvalue weighted by molar-refractivity contribution is 5.95. The zero-order chi connectivity index (χ0) is 21.0. The number of carbonyl (C=O) groups excluding carboxylic acids is 2. The van der Waals surface area contributed by atoms with E-state index in [2.05, 4.69) is 0 Å². The van der Waals surface area contributed by atoms with Crippen molar-refractivity contribution in [3.8, 4) is 5.75 Å². The summed E-state index contributed by atoms with van der Waals surface area (Å²) in [5.74, 6) is -3.24. The predicted molar refractivity (Wildman–Crippen MR) is 99.6 cm³/mol. The molecule has 5 nitrogen and oxygen atoms in total. The van der Waals surface area contributed by atoms with Crippen LogP contribution in [0.25, 0.3) is 0 Å². The van der Waals surface area contributed by atoms with Crippen LogP contribution in [0.15, 0.2) is 42.5 Å². The number of rotatable bonds is 6. The minimum Gasteiger partial charge on any atom is -0.493 e. The summed E-state index contributed by atoms with van der Waals surface area (Å²) in [5.41, 5.74) is 3.98. The molecule has 0 saturated carbocycles. The fourth-order valence-electron chi connectivity index (χ4n) is 3.69. The molecule has 1 atom stereocenters. The van der Waals surface area contributed by atoms with Gasteiger partial charge in [-0.05, 0) is 49.2 Å². The normalized spacial score (nSPS) is 19.1. The molecule has 0 aromatic heterocycles. The van der Waals surface area contributed by atoms with Crippen LogP contribution in [0, 0.1) is 22.9 Å². The third-order valence-electron chi connectivity index (χ3n) is 5.03.